The first-order valence-electron chi connectivity index (χ1n) is 10.6. The predicted molar refractivity (Wildman–Crippen MR) is 126 cm³/mol. The summed E-state index contributed by atoms with van der Waals surface area (Å²) in [6.45, 7) is 10.6. The molecule has 0 aliphatic carbocycles. The van der Waals surface area contributed by atoms with Crippen LogP contribution in [-0.4, -0.2) is 50.3 Å². The van der Waals surface area contributed by atoms with Crippen LogP contribution in [0.2, 0.25) is 0 Å². The van der Waals surface area contributed by atoms with E-state index in [0.717, 1.165) is 0 Å². The molecule has 0 heterocycles. The number of rotatable bonds is 12. The van der Waals surface area contributed by atoms with Crippen LogP contribution in [0.3, 0.4) is 0 Å². The second-order valence-corrected chi connectivity index (χ2v) is 5.96. The van der Waals surface area contributed by atoms with Crippen molar-refractivity contribution in [3.05, 3.63) is 12.7 Å². The highest BCUT2D eigenvalue weighted by molar-refractivity contribution is 6.00. The quantitative estimate of drug-likeness (QED) is 0.167. The van der Waals surface area contributed by atoms with Gasteiger partial charge in [-0.25, -0.2) is 0 Å². The standard InChI is InChI=1S/C13H18N2O4.C7H12O4.C3H3N.CH4/c1-3-18-11(16)13(7-5-9-14,8-6-10-15)12(17)19-4-2;1-3-10-6(8)5-7(9)11-4-2;1-2-3-4;/h3-8H2,1-2H3;3-5H2,1-2H3;2H,1H2;1H4. The van der Waals surface area contributed by atoms with Gasteiger partial charge in [0.25, 0.3) is 0 Å². The topological polar surface area (TPSA) is 177 Å². The highest BCUT2D eigenvalue weighted by atomic mass is 16.6. The molecule has 0 amide bonds. The van der Waals surface area contributed by atoms with Crippen molar-refractivity contribution in [2.45, 2.75) is 67.2 Å². The Bertz CT molecular complexity index is 706. The summed E-state index contributed by atoms with van der Waals surface area (Å²) in [6.07, 6.45) is 0.930. The molecule has 0 aliphatic rings. The molecule has 196 valence electrons. The van der Waals surface area contributed by atoms with Gasteiger partial charge in [-0.15, -0.1) is 0 Å². The van der Waals surface area contributed by atoms with Gasteiger partial charge in [0, 0.05) is 18.9 Å². The molecule has 0 N–H and O–H groups in total. The Morgan fingerprint density at radius 3 is 1.29 bits per heavy atom. The summed E-state index contributed by atoms with van der Waals surface area (Å²) in [7, 11) is 0. The molecule has 0 saturated heterocycles. The molecule has 11 nitrogen and oxygen atoms in total. The average molecular weight is 496 g/mol. The van der Waals surface area contributed by atoms with Gasteiger partial charge >= 0.3 is 23.9 Å². The summed E-state index contributed by atoms with van der Waals surface area (Å²) in [5.41, 5.74) is -1.54. The number of hydrogen-bond acceptors (Lipinski definition) is 11. The van der Waals surface area contributed by atoms with Gasteiger partial charge in [-0.1, -0.05) is 14.0 Å². The molecule has 35 heavy (non-hydrogen) atoms. The van der Waals surface area contributed by atoms with E-state index in [0.29, 0.717) is 0 Å². The summed E-state index contributed by atoms with van der Waals surface area (Å²) >= 11 is 0. The van der Waals surface area contributed by atoms with Crippen LogP contribution in [0.4, 0.5) is 0 Å². The molecule has 0 unspecified atom stereocenters. The Balaban J connectivity index is -0.000000254. The molecule has 0 radical (unpaired) electrons. The number of hydrogen-bond donors (Lipinski definition) is 0. The minimum atomic E-state index is -1.54. The Labute approximate surface area is 208 Å². The first-order chi connectivity index (χ1) is 16.2. The highest BCUT2D eigenvalue weighted by Gasteiger charge is 2.48. The minimum Gasteiger partial charge on any atom is -0.466 e. The van der Waals surface area contributed by atoms with Crippen LogP contribution in [0.15, 0.2) is 12.7 Å². The molecule has 0 aromatic rings. The first kappa shape index (κ1) is 38.4. The van der Waals surface area contributed by atoms with Gasteiger partial charge in [-0.3, -0.25) is 19.2 Å². The number of esters is 4. The maximum Gasteiger partial charge on any atom is 0.323 e. The van der Waals surface area contributed by atoms with Gasteiger partial charge in [-0.05, 0) is 40.5 Å². The third-order valence-corrected chi connectivity index (χ3v) is 3.65. The molecule has 0 rings (SSSR count). The molecule has 0 aromatic carbocycles. The van der Waals surface area contributed by atoms with Crippen molar-refractivity contribution in [2.75, 3.05) is 26.4 Å². The van der Waals surface area contributed by atoms with Crippen molar-refractivity contribution in [2.24, 2.45) is 5.41 Å². The monoisotopic (exact) mass is 495 g/mol. The number of nitriles is 3. The average Bonchev–Trinajstić information content (AvgIpc) is 2.80. The van der Waals surface area contributed by atoms with E-state index in [1.54, 1.807) is 33.8 Å². The van der Waals surface area contributed by atoms with E-state index in [1.807, 2.05) is 12.1 Å². The fourth-order valence-electron chi connectivity index (χ4n) is 2.24. The lowest BCUT2D eigenvalue weighted by atomic mass is 9.79. The molecule has 0 saturated carbocycles. The summed E-state index contributed by atoms with van der Waals surface area (Å²) < 4.78 is 18.9. The zero-order chi connectivity index (χ0) is 26.8. The van der Waals surface area contributed by atoms with Gasteiger partial charge in [0.2, 0.25) is 0 Å². The minimum absolute atomic E-state index is 0. The third kappa shape index (κ3) is 19.3. The van der Waals surface area contributed by atoms with Gasteiger partial charge in [0.1, 0.15) is 6.42 Å². The normalized spacial score (nSPS) is 8.71. The SMILES string of the molecule is C.C=CC#N.CCOC(=O)C(CCC#N)(CCC#N)C(=O)OCC.CCOC(=O)CC(=O)OCC. The van der Waals surface area contributed by atoms with Crippen LogP contribution in [0.1, 0.15) is 67.2 Å². The maximum absolute atomic E-state index is 12.1. The Kier molecular flexibility index (Phi) is 28.9. The lowest BCUT2D eigenvalue weighted by Gasteiger charge is -2.27. The van der Waals surface area contributed by atoms with Gasteiger partial charge < -0.3 is 18.9 Å². The summed E-state index contributed by atoms with van der Waals surface area (Å²) in [5.74, 6) is -2.52. The maximum atomic E-state index is 12.1. The largest absolute Gasteiger partial charge is 0.466 e. The number of carbonyl (C=O) groups excluding carboxylic acids is 4. The van der Waals surface area contributed by atoms with Crippen LogP contribution in [0.5, 0.6) is 0 Å². The van der Waals surface area contributed by atoms with E-state index in [1.165, 1.54) is 6.08 Å². The van der Waals surface area contributed by atoms with Gasteiger partial charge in [0.15, 0.2) is 5.41 Å². The van der Waals surface area contributed by atoms with Crippen LogP contribution in [0, 0.1) is 39.4 Å². The van der Waals surface area contributed by atoms with E-state index in [9.17, 15) is 19.2 Å². The fourth-order valence-corrected chi connectivity index (χ4v) is 2.24. The van der Waals surface area contributed by atoms with Crippen molar-refractivity contribution in [1.29, 1.82) is 15.8 Å². The lowest BCUT2D eigenvalue weighted by molar-refractivity contribution is -0.173. The molecule has 0 aromatic heterocycles. The molecular formula is C24H37N3O8. The van der Waals surface area contributed by atoms with Crippen molar-refractivity contribution in [3.63, 3.8) is 0 Å². The molecule has 0 spiro atoms. The zero-order valence-electron chi connectivity index (χ0n) is 20.3. The molecule has 0 fully saturated rings. The van der Waals surface area contributed by atoms with Crippen LogP contribution in [0.25, 0.3) is 0 Å². The van der Waals surface area contributed by atoms with Gasteiger partial charge in [-0.2, -0.15) is 15.8 Å². The van der Waals surface area contributed by atoms with Crippen LogP contribution < -0.4 is 0 Å². The summed E-state index contributed by atoms with van der Waals surface area (Å²) in [5, 5.41) is 24.8. The van der Waals surface area contributed by atoms with Crippen molar-refractivity contribution in [1.82, 2.24) is 0 Å². The fraction of sp³-hybridized carbons (Fsp3) is 0.625. The van der Waals surface area contributed by atoms with Crippen molar-refractivity contribution in [3.8, 4) is 18.2 Å². The zero-order valence-corrected chi connectivity index (χ0v) is 20.3. The number of allylic oxidation sites excluding steroid dienone is 1. The number of nitrogens with zero attached hydrogens (tertiary/aromatic N) is 3. The van der Waals surface area contributed by atoms with Gasteiger partial charge in [0.05, 0.1) is 44.6 Å². The molecular weight excluding hydrogens is 458 g/mol. The second-order valence-electron chi connectivity index (χ2n) is 5.96. The second kappa shape index (κ2) is 26.3. The Morgan fingerprint density at radius 1 is 0.743 bits per heavy atom. The van der Waals surface area contributed by atoms with Crippen LogP contribution in [-0.2, 0) is 38.1 Å². The highest BCUT2D eigenvalue weighted by Crippen LogP contribution is 2.33. The number of carbonyl (C=O) groups is 4. The Hall–Kier alpha value is -3.91. The number of ether oxygens (including phenoxy) is 4. The summed E-state index contributed by atoms with van der Waals surface area (Å²) in [6, 6.07) is 5.48. The molecule has 0 bridgehead atoms. The molecule has 11 heteroatoms. The van der Waals surface area contributed by atoms with E-state index in [-0.39, 0.29) is 66.0 Å². The van der Waals surface area contributed by atoms with Crippen molar-refractivity contribution < 1.29 is 38.1 Å². The lowest BCUT2D eigenvalue weighted by Crippen LogP contribution is -2.42. The van der Waals surface area contributed by atoms with E-state index in [2.05, 4.69) is 16.1 Å². The Morgan fingerprint density at radius 2 is 1.06 bits per heavy atom. The molecule has 0 atom stereocenters. The van der Waals surface area contributed by atoms with E-state index >= 15 is 0 Å². The van der Waals surface area contributed by atoms with E-state index in [4.69, 9.17) is 25.3 Å². The third-order valence-electron chi connectivity index (χ3n) is 3.65. The van der Waals surface area contributed by atoms with Crippen molar-refractivity contribution >= 4 is 23.9 Å². The van der Waals surface area contributed by atoms with Crippen LogP contribution >= 0.6 is 0 Å². The summed E-state index contributed by atoms with van der Waals surface area (Å²) in [4.78, 5) is 45.3. The smallest absolute Gasteiger partial charge is 0.323 e. The van der Waals surface area contributed by atoms with E-state index < -0.39 is 29.3 Å². The molecule has 0 aliphatic heterocycles. The predicted octanol–water partition coefficient (Wildman–Crippen LogP) is 3.54. The first-order valence-corrected chi connectivity index (χ1v) is 10.6.